The van der Waals surface area contributed by atoms with Gasteiger partial charge in [0.15, 0.2) is 0 Å². The minimum Gasteiger partial charge on any atom is -0.405 e. The molecule has 1 unspecified atom stereocenters. The highest BCUT2D eigenvalue weighted by Crippen LogP contribution is 2.26. The molecule has 1 atom stereocenters. The number of para-hydroxylation sites is 1. The third kappa shape index (κ3) is 5.99. The number of rotatable bonds is 6. The Balaban J connectivity index is 1.55. The SMILES string of the molecule is O=C(NCc1ccccc1OC(F)(F)F)C1CCCN(Cc2ccccc2)C1. The number of halogens is 3. The number of likely N-dealkylation sites (tertiary alicyclic amines) is 1. The van der Waals surface area contributed by atoms with Crippen LogP contribution in [-0.4, -0.2) is 30.3 Å². The summed E-state index contributed by atoms with van der Waals surface area (Å²) in [5.74, 6) is -0.600. The van der Waals surface area contributed by atoms with Gasteiger partial charge >= 0.3 is 6.36 Å². The van der Waals surface area contributed by atoms with E-state index in [1.807, 2.05) is 18.2 Å². The molecule has 150 valence electrons. The van der Waals surface area contributed by atoms with Gasteiger partial charge in [0.05, 0.1) is 5.92 Å². The predicted molar refractivity (Wildman–Crippen MR) is 99.4 cm³/mol. The first-order chi connectivity index (χ1) is 13.4. The molecule has 0 spiro atoms. The van der Waals surface area contributed by atoms with Crippen molar-refractivity contribution in [2.24, 2.45) is 5.92 Å². The number of hydrogen-bond acceptors (Lipinski definition) is 3. The second kappa shape index (κ2) is 9.10. The van der Waals surface area contributed by atoms with Crippen molar-refractivity contribution in [1.82, 2.24) is 10.2 Å². The van der Waals surface area contributed by atoms with Gasteiger partial charge in [-0.3, -0.25) is 9.69 Å². The topological polar surface area (TPSA) is 41.6 Å². The van der Waals surface area contributed by atoms with E-state index in [1.165, 1.54) is 23.8 Å². The Kier molecular flexibility index (Phi) is 6.57. The zero-order chi connectivity index (χ0) is 20.0. The highest BCUT2D eigenvalue weighted by Gasteiger charge is 2.32. The number of carbonyl (C=O) groups is 1. The summed E-state index contributed by atoms with van der Waals surface area (Å²) < 4.78 is 41.6. The van der Waals surface area contributed by atoms with Gasteiger partial charge in [0.1, 0.15) is 5.75 Å². The van der Waals surface area contributed by atoms with Crippen LogP contribution in [0.15, 0.2) is 54.6 Å². The number of ether oxygens (including phenoxy) is 1. The Bertz CT molecular complexity index is 781. The van der Waals surface area contributed by atoms with Crippen LogP contribution in [0.25, 0.3) is 0 Å². The highest BCUT2D eigenvalue weighted by atomic mass is 19.4. The Morgan fingerprint density at radius 1 is 1.11 bits per heavy atom. The molecule has 1 heterocycles. The number of alkyl halides is 3. The average molecular weight is 392 g/mol. The maximum absolute atomic E-state index is 12.6. The van der Waals surface area contributed by atoms with Gasteiger partial charge in [-0.2, -0.15) is 0 Å². The molecule has 0 bridgehead atoms. The molecular formula is C21H23F3N2O2. The molecule has 1 amide bonds. The van der Waals surface area contributed by atoms with Crippen molar-refractivity contribution in [2.75, 3.05) is 13.1 Å². The Morgan fingerprint density at radius 3 is 2.57 bits per heavy atom. The zero-order valence-electron chi connectivity index (χ0n) is 15.4. The van der Waals surface area contributed by atoms with Gasteiger partial charge in [-0.1, -0.05) is 48.5 Å². The quantitative estimate of drug-likeness (QED) is 0.804. The van der Waals surface area contributed by atoms with E-state index in [0.717, 1.165) is 25.9 Å². The standard InChI is InChI=1S/C21H23F3N2O2/c22-21(23,24)28-19-11-5-4-9-17(19)13-25-20(27)18-10-6-12-26(15-18)14-16-7-2-1-3-8-16/h1-5,7-9,11,18H,6,10,12-15H2,(H,25,27). The van der Waals surface area contributed by atoms with Crippen LogP contribution < -0.4 is 10.1 Å². The maximum Gasteiger partial charge on any atom is 0.573 e. The van der Waals surface area contributed by atoms with Crippen molar-refractivity contribution in [1.29, 1.82) is 0 Å². The third-order valence-corrected chi connectivity index (χ3v) is 4.78. The van der Waals surface area contributed by atoms with E-state index in [4.69, 9.17) is 0 Å². The molecule has 0 saturated carbocycles. The summed E-state index contributed by atoms with van der Waals surface area (Å²) in [6.45, 7) is 2.36. The Hall–Kier alpha value is -2.54. The second-order valence-corrected chi connectivity index (χ2v) is 6.93. The molecule has 2 aromatic carbocycles. The zero-order valence-corrected chi connectivity index (χ0v) is 15.4. The van der Waals surface area contributed by atoms with Crippen LogP contribution in [-0.2, 0) is 17.9 Å². The van der Waals surface area contributed by atoms with Crippen LogP contribution >= 0.6 is 0 Å². The van der Waals surface area contributed by atoms with Crippen LogP contribution in [0.1, 0.15) is 24.0 Å². The van der Waals surface area contributed by atoms with Crippen molar-refractivity contribution in [2.45, 2.75) is 32.3 Å². The van der Waals surface area contributed by atoms with Crippen molar-refractivity contribution in [3.63, 3.8) is 0 Å². The maximum atomic E-state index is 12.6. The van der Waals surface area contributed by atoms with Crippen LogP contribution in [0, 0.1) is 5.92 Å². The fourth-order valence-electron chi connectivity index (χ4n) is 3.46. The van der Waals surface area contributed by atoms with E-state index in [-0.39, 0.29) is 24.1 Å². The lowest BCUT2D eigenvalue weighted by Gasteiger charge is -2.32. The lowest BCUT2D eigenvalue weighted by molar-refractivity contribution is -0.274. The number of hydrogen-bond donors (Lipinski definition) is 1. The van der Waals surface area contributed by atoms with Crippen molar-refractivity contribution in [3.8, 4) is 5.75 Å². The van der Waals surface area contributed by atoms with E-state index < -0.39 is 6.36 Å². The average Bonchev–Trinajstić information content (AvgIpc) is 2.67. The van der Waals surface area contributed by atoms with E-state index in [1.54, 1.807) is 6.07 Å². The molecule has 1 fully saturated rings. The predicted octanol–water partition coefficient (Wildman–Crippen LogP) is 4.11. The van der Waals surface area contributed by atoms with E-state index in [2.05, 4.69) is 27.1 Å². The minimum absolute atomic E-state index is 0.000270. The molecule has 1 N–H and O–H groups in total. The van der Waals surface area contributed by atoms with Crippen LogP contribution in [0.3, 0.4) is 0 Å². The summed E-state index contributed by atoms with van der Waals surface area (Å²) in [6, 6.07) is 15.9. The van der Waals surface area contributed by atoms with Crippen molar-refractivity contribution < 1.29 is 22.7 Å². The summed E-state index contributed by atoms with van der Waals surface area (Å²) in [6.07, 6.45) is -3.07. The molecule has 2 aromatic rings. The van der Waals surface area contributed by atoms with Gasteiger partial charge in [0, 0.05) is 25.2 Å². The van der Waals surface area contributed by atoms with E-state index in [9.17, 15) is 18.0 Å². The van der Waals surface area contributed by atoms with Crippen LogP contribution in [0.2, 0.25) is 0 Å². The molecule has 7 heteroatoms. The molecule has 28 heavy (non-hydrogen) atoms. The van der Waals surface area contributed by atoms with E-state index >= 15 is 0 Å². The lowest BCUT2D eigenvalue weighted by atomic mass is 9.96. The monoisotopic (exact) mass is 392 g/mol. The molecule has 0 aromatic heterocycles. The normalized spacial score (nSPS) is 17.9. The molecule has 1 aliphatic heterocycles. The summed E-state index contributed by atoms with van der Waals surface area (Å²) in [7, 11) is 0. The van der Waals surface area contributed by atoms with E-state index in [0.29, 0.717) is 12.1 Å². The number of nitrogens with one attached hydrogen (secondary N) is 1. The summed E-state index contributed by atoms with van der Waals surface area (Å²) >= 11 is 0. The van der Waals surface area contributed by atoms with Crippen molar-refractivity contribution in [3.05, 3.63) is 65.7 Å². The van der Waals surface area contributed by atoms with Gasteiger partial charge in [-0.25, -0.2) is 0 Å². The molecule has 4 nitrogen and oxygen atoms in total. The first-order valence-electron chi connectivity index (χ1n) is 9.28. The number of nitrogens with zero attached hydrogens (tertiary/aromatic N) is 1. The summed E-state index contributed by atoms with van der Waals surface area (Å²) in [5, 5.41) is 2.77. The van der Waals surface area contributed by atoms with Crippen LogP contribution in [0.4, 0.5) is 13.2 Å². The Morgan fingerprint density at radius 2 is 1.82 bits per heavy atom. The molecule has 0 aliphatic carbocycles. The fraction of sp³-hybridized carbons (Fsp3) is 0.381. The Labute approximate surface area is 162 Å². The molecule has 1 saturated heterocycles. The van der Waals surface area contributed by atoms with Gasteiger partial charge in [-0.05, 0) is 31.0 Å². The first-order valence-corrected chi connectivity index (χ1v) is 9.28. The summed E-state index contributed by atoms with van der Waals surface area (Å²) in [4.78, 5) is 14.8. The number of carbonyl (C=O) groups excluding carboxylic acids is 1. The fourth-order valence-corrected chi connectivity index (χ4v) is 3.46. The second-order valence-electron chi connectivity index (χ2n) is 6.93. The molecule has 3 rings (SSSR count). The van der Waals surface area contributed by atoms with Gasteiger partial charge < -0.3 is 10.1 Å². The number of piperidine rings is 1. The highest BCUT2D eigenvalue weighted by molar-refractivity contribution is 5.79. The smallest absolute Gasteiger partial charge is 0.405 e. The van der Waals surface area contributed by atoms with Gasteiger partial charge in [0.2, 0.25) is 5.91 Å². The van der Waals surface area contributed by atoms with Gasteiger partial charge in [-0.15, -0.1) is 13.2 Å². The lowest BCUT2D eigenvalue weighted by Crippen LogP contribution is -2.42. The largest absolute Gasteiger partial charge is 0.573 e. The van der Waals surface area contributed by atoms with Crippen molar-refractivity contribution >= 4 is 5.91 Å². The third-order valence-electron chi connectivity index (χ3n) is 4.78. The number of benzene rings is 2. The minimum atomic E-state index is -4.76. The van der Waals surface area contributed by atoms with Crippen LogP contribution in [0.5, 0.6) is 5.75 Å². The number of amides is 1. The molecule has 0 radical (unpaired) electrons. The molecule has 1 aliphatic rings. The van der Waals surface area contributed by atoms with Gasteiger partial charge in [0.25, 0.3) is 0 Å². The molecular weight excluding hydrogens is 369 g/mol. The summed E-state index contributed by atoms with van der Waals surface area (Å²) in [5.41, 5.74) is 1.49. The first kappa shape index (κ1) is 20.2.